The Morgan fingerprint density at radius 1 is 1.42 bits per heavy atom. The lowest BCUT2D eigenvalue weighted by molar-refractivity contribution is 0.112. The van der Waals surface area contributed by atoms with Gasteiger partial charge in [0.1, 0.15) is 30.8 Å². The molecule has 0 radical (unpaired) electrons. The number of aldehydes is 1. The number of hydrogen-bond acceptors (Lipinski definition) is 4. The molecule has 0 saturated carbocycles. The smallest absolute Gasteiger partial charge is 0.164 e. The summed E-state index contributed by atoms with van der Waals surface area (Å²) < 4.78 is 20.4. The lowest BCUT2D eigenvalue weighted by Crippen LogP contribution is -2.08. The predicted molar refractivity (Wildman–Crippen MR) is 66.4 cm³/mol. The van der Waals surface area contributed by atoms with E-state index in [9.17, 15) is 9.18 Å². The Balaban J connectivity index is 2.07. The van der Waals surface area contributed by atoms with Gasteiger partial charge in [0.05, 0.1) is 0 Å². The summed E-state index contributed by atoms with van der Waals surface area (Å²) >= 11 is 0. The SMILES string of the molecule is CCCn1ncnc1COc1cc(F)cc(C=O)c1. The Bertz CT molecular complexity index is 569. The number of carbonyl (C=O) groups is 1. The van der Waals surface area contributed by atoms with Gasteiger partial charge in [0.25, 0.3) is 0 Å². The molecule has 0 aliphatic rings. The number of nitrogens with zero attached hydrogens (tertiary/aromatic N) is 3. The van der Waals surface area contributed by atoms with Crippen molar-refractivity contribution in [3.63, 3.8) is 0 Å². The number of benzene rings is 1. The topological polar surface area (TPSA) is 57.0 Å². The number of aryl methyl sites for hydroxylation is 1. The van der Waals surface area contributed by atoms with Crippen LogP contribution in [0, 0.1) is 5.82 Å². The monoisotopic (exact) mass is 263 g/mol. The van der Waals surface area contributed by atoms with E-state index in [1.54, 1.807) is 4.68 Å². The summed E-state index contributed by atoms with van der Waals surface area (Å²) in [4.78, 5) is 14.7. The molecule has 0 amide bonds. The Kier molecular flexibility index (Phi) is 4.22. The van der Waals surface area contributed by atoms with E-state index in [4.69, 9.17) is 4.74 Å². The van der Waals surface area contributed by atoms with Crippen molar-refractivity contribution in [1.82, 2.24) is 14.8 Å². The fourth-order valence-electron chi connectivity index (χ4n) is 1.68. The molecule has 0 fully saturated rings. The lowest BCUT2D eigenvalue weighted by atomic mass is 10.2. The van der Waals surface area contributed by atoms with Crippen molar-refractivity contribution in [2.24, 2.45) is 0 Å². The average molecular weight is 263 g/mol. The van der Waals surface area contributed by atoms with Gasteiger partial charge in [-0.1, -0.05) is 6.92 Å². The zero-order valence-electron chi connectivity index (χ0n) is 10.5. The van der Waals surface area contributed by atoms with Crippen LogP contribution >= 0.6 is 0 Å². The molecular weight excluding hydrogens is 249 g/mol. The van der Waals surface area contributed by atoms with Crippen LogP contribution in [-0.2, 0) is 13.2 Å². The van der Waals surface area contributed by atoms with Crippen molar-refractivity contribution in [1.29, 1.82) is 0 Å². The maximum Gasteiger partial charge on any atom is 0.164 e. The molecular formula is C13H14FN3O2. The van der Waals surface area contributed by atoms with Crippen LogP contribution in [0.5, 0.6) is 5.75 Å². The molecule has 1 aromatic heterocycles. The molecule has 0 aliphatic carbocycles. The van der Waals surface area contributed by atoms with E-state index in [-0.39, 0.29) is 12.2 Å². The highest BCUT2D eigenvalue weighted by molar-refractivity contribution is 5.75. The van der Waals surface area contributed by atoms with Gasteiger partial charge >= 0.3 is 0 Å². The Hall–Kier alpha value is -2.24. The maximum atomic E-state index is 13.2. The van der Waals surface area contributed by atoms with E-state index in [1.807, 2.05) is 6.92 Å². The first kappa shape index (κ1) is 13.2. The third-order valence-electron chi connectivity index (χ3n) is 2.53. The summed E-state index contributed by atoms with van der Waals surface area (Å²) in [6, 6.07) is 3.86. The van der Waals surface area contributed by atoms with Gasteiger partial charge in [-0.2, -0.15) is 5.10 Å². The minimum absolute atomic E-state index is 0.182. The molecule has 1 heterocycles. The summed E-state index contributed by atoms with van der Waals surface area (Å²) in [6.45, 7) is 2.97. The van der Waals surface area contributed by atoms with Crippen LogP contribution in [0.1, 0.15) is 29.5 Å². The number of carbonyl (C=O) groups excluding carboxylic acids is 1. The van der Waals surface area contributed by atoms with Crippen LogP contribution in [0.3, 0.4) is 0 Å². The fraction of sp³-hybridized carbons (Fsp3) is 0.308. The van der Waals surface area contributed by atoms with Crippen LogP contribution in [0.2, 0.25) is 0 Å². The van der Waals surface area contributed by atoms with E-state index < -0.39 is 5.82 Å². The number of aromatic nitrogens is 3. The second kappa shape index (κ2) is 6.08. The largest absolute Gasteiger partial charge is 0.485 e. The van der Waals surface area contributed by atoms with Gasteiger partial charge in [-0.25, -0.2) is 14.1 Å². The second-order valence-corrected chi connectivity index (χ2v) is 4.03. The normalized spacial score (nSPS) is 10.4. The maximum absolute atomic E-state index is 13.2. The summed E-state index contributed by atoms with van der Waals surface area (Å²) in [6.07, 6.45) is 2.97. The van der Waals surface area contributed by atoms with E-state index in [2.05, 4.69) is 10.1 Å². The number of hydrogen-bond donors (Lipinski definition) is 0. The Morgan fingerprint density at radius 3 is 3.00 bits per heavy atom. The van der Waals surface area contributed by atoms with Crippen molar-refractivity contribution < 1.29 is 13.9 Å². The third-order valence-corrected chi connectivity index (χ3v) is 2.53. The molecule has 5 nitrogen and oxygen atoms in total. The van der Waals surface area contributed by atoms with Gasteiger partial charge < -0.3 is 4.74 Å². The standard InChI is InChI=1S/C13H14FN3O2/c1-2-3-17-13(15-9-16-17)8-19-12-5-10(7-18)4-11(14)6-12/h4-7,9H,2-3,8H2,1H3. The molecule has 0 N–H and O–H groups in total. The number of ether oxygens (including phenoxy) is 1. The molecule has 1 aromatic carbocycles. The highest BCUT2D eigenvalue weighted by Crippen LogP contribution is 2.16. The minimum Gasteiger partial charge on any atom is -0.485 e. The first-order valence-corrected chi connectivity index (χ1v) is 5.98. The van der Waals surface area contributed by atoms with Gasteiger partial charge in [0.2, 0.25) is 0 Å². The number of halogens is 1. The van der Waals surface area contributed by atoms with E-state index in [0.717, 1.165) is 19.0 Å². The predicted octanol–water partition coefficient (Wildman–Crippen LogP) is 2.22. The molecule has 0 unspecified atom stereocenters. The molecule has 0 bridgehead atoms. The van der Waals surface area contributed by atoms with Crippen LogP contribution < -0.4 is 4.74 Å². The third kappa shape index (κ3) is 3.37. The van der Waals surface area contributed by atoms with E-state index in [1.165, 1.54) is 18.5 Å². The molecule has 0 aliphatic heterocycles. The molecule has 100 valence electrons. The van der Waals surface area contributed by atoms with Crippen LogP contribution in [0.15, 0.2) is 24.5 Å². The summed E-state index contributed by atoms with van der Waals surface area (Å²) in [5, 5.41) is 4.06. The quantitative estimate of drug-likeness (QED) is 0.750. The fourth-order valence-corrected chi connectivity index (χ4v) is 1.68. The lowest BCUT2D eigenvalue weighted by Gasteiger charge is -2.07. The van der Waals surface area contributed by atoms with E-state index in [0.29, 0.717) is 17.9 Å². The molecule has 2 aromatic rings. The average Bonchev–Trinajstić information content (AvgIpc) is 2.83. The zero-order valence-corrected chi connectivity index (χ0v) is 10.5. The first-order chi connectivity index (χ1) is 9.22. The van der Waals surface area contributed by atoms with Crippen molar-refractivity contribution >= 4 is 6.29 Å². The summed E-state index contributed by atoms with van der Waals surface area (Å²) in [5.41, 5.74) is 0.241. The zero-order chi connectivity index (χ0) is 13.7. The van der Waals surface area contributed by atoms with Gasteiger partial charge in [-0.15, -0.1) is 0 Å². The van der Waals surface area contributed by atoms with E-state index >= 15 is 0 Å². The van der Waals surface area contributed by atoms with Gasteiger partial charge in [0.15, 0.2) is 5.82 Å². The van der Waals surface area contributed by atoms with Crippen molar-refractivity contribution in [3.8, 4) is 5.75 Å². The van der Waals surface area contributed by atoms with Crippen molar-refractivity contribution in [2.75, 3.05) is 0 Å². The second-order valence-electron chi connectivity index (χ2n) is 4.03. The molecule has 0 atom stereocenters. The van der Waals surface area contributed by atoms with Crippen molar-refractivity contribution in [3.05, 3.63) is 41.7 Å². The van der Waals surface area contributed by atoms with Gasteiger partial charge in [-0.05, 0) is 18.6 Å². The highest BCUT2D eigenvalue weighted by atomic mass is 19.1. The summed E-state index contributed by atoms with van der Waals surface area (Å²) in [7, 11) is 0. The number of rotatable bonds is 6. The van der Waals surface area contributed by atoms with Crippen LogP contribution in [-0.4, -0.2) is 21.1 Å². The highest BCUT2D eigenvalue weighted by Gasteiger charge is 2.06. The summed E-state index contributed by atoms with van der Waals surface area (Å²) in [5.74, 6) is 0.460. The first-order valence-electron chi connectivity index (χ1n) is 5.98. The minimum atomic E-state index is -0.505. The molecule has 19 heavy (non-hydrogen) atoms. The molecule has 0 spiro atoms. The Morgan fingerprint density at radius 2 is 2.26 bits per heavy atom. The Labute approximate surface area is 110 Å². The van der Waals surface area contributed by atoms with Gasteiger partial charge in [-0.3, -0.25) is 4.79 Å². The molecule has 2 rings (SSSR count). The van der Waals surface area contributed by atoms with Gasteiger partial charge in [0, 0.05) is 18.2 Å². The molecule has 6 heteroatoms. The molecule has 0 saturated heterocycles. The van der Waals surface area contributed by atoms with Crippen LogP contribution in [0.25, 0.3) is 0 Å². The van der Waals surface area contributed by atoms with Crippen molar-refractivity contribution in [2.45, 2.75) is 26.5 Å². The van der Waals surface area contributed by atoms with Crippen LogP contribution in [0.4, 0.5) is 4.39 Å².